The third kappa shape index (κ3) is 4.27. The summed E-state index contributed by atoms with van der Waals surface area (Å²) in [5.74, 6) is -0.559. The van der Waals surface area contributed by atoms with E-state index in [1.165, 1.54) is 19.2 Å². The smallest absolute Gasteiger partial charge is 0.359 e. The topological polar surface area (TPSA) is 92.3 Å². The van der Waals surface area contributed by atoms with Gasteiger partial charge in [-0.05, 0) is 37.1 Å². The zero-order valence-electron chi connectivity index (χ0n) is 15.9. The normalized spacial score (nSPS) is 10.8. The molecule has 0 amide bonds. The van der Waals surface area contributed by atoms with Crippen LogP contribution in [-0.4, -0.2) is 32.9 Å². The Morgan fingerprint density at radius 2 is 1.30 bits per heavy atom. The highest BCUT2D eigenvalue weighted by molar-refractivity contribution is 5.84. The number of carbonyl (C=O) groups excluding carboxylic acids is 2. The van der Waals surface area contributed by atoms with Crippen molar-refractivity contribution < 1.29 is 14.3 Å². The molecule has 146 valence electrons. The van der Waals surface area contributed by atoms with Crippen molar-refractivity contribution in [2.24, 2.45) is 0 Å². The van der Waals surface area contributed by atoms with Gasteiger partial charge in [0.05, 0.1) is 12.8 Å². The fraction of sp³-hybridized carbons (Fsp3) is 0.474. The van der Waals surface area contributed by atoms with E-state index in [-0.39, 0.29) is 18.5 Å². The van der Waals surface area contributed by atoms with Gasteiger partial charge in [0.15, 0.2) is 0 Å². The largest absolute Gasteiger partial charge is 0.497 e. The number of methoxy groups -OCH3 is 1. The average Bonchev–Trinajstić information content (AvgIpc) is 2.94. The maximum Gasteiger partial charge on any atom is 0.359 e. The molecule has 0 radical (unpaired) electrons. The van der Waals surface area contributed by atoms with Gasteiger partial charge in [-0.1, -0.05) is 26.7 Å². The number of rotatable bonds is 8. The van der Waals surface area contributed by atoms with Gasteiger partial charge in [-0.2, -0.15) is 9.36 Å². The lowest BCUT2D eigenvalue weighted by atomic mass is 10.2. The van der Waals surface area contributed by atoms with Crippen molar-refractivity contribution in [2.75, 3.05) is 7.11 Å². The lowest BCUT2D eigenvalue weighted by molar-refractivity contribution is 0.0772. The maximum atomic E-state index is 12.8. The Morgan fingerprint density at radius 1 is 0.852 bits per heavy atom. The molecule has 0 saturated carbocycles. The van der Waals surface area contributed by atoms with Gasteiger partial charge in [0.1, 0.15) is 5.75 Å². The van der Waals surface area contributed by atoms with E-state index >= 15 is 0 Å². The monoisotopic (exact) mass is 375 g/mol. The maximum absolute atomic E-state index is 12.8. The Hall–Kier alpha value is -2.90. The van der Waals surface area contributed by atoms with E-state index < -0.39 is 23.2 Å². The summed E-state index contributed by atoms with van der Waals surface area (Å²) in [5.41, 5.74) is -1.41. The fourth-order valence-corrected chi connectivity index (χ4v) is 2.70. The quantitative estimate of drug-likeness (QED) is 0.707. The van der Waals surface area contributed by atoms with Crippen molar-refractivity contribution in [3.8, 4) is 11.4 Å². The lowest BCUT2D eigenvalue weighted by Crippen LogP contribution is -2.36. The van der Waals surface area contributed by atoms with Crippen molar-refractivity contribution in [1.29, 1.82) is 0 Å². The first kappa shape index (κ1) is 20.4. The molecule has 0 bridgehead atoms. The van der Waals surface area contributed by atoms with Gasteiger partial charge in [-0.15, -0.1) is 0 Å². The van der Waals surface area contributed by atoms with Crippen LogP contribution >= 0.6 is 0 Å². The van der Waals surface area contributed by atoms with Crippen LogP contribution in [0.1, 0.15) is 62.0 Å². The number of unbranched alkanes of at least 4 members (excludes halogenated alkanes) is 2. The minimum atomic E-state index is -0.837. The first-order chi connectivity index (χ1) is 13.0. The highest BCUT2D eigenvalue weighted by Crippen LogP contribution is 2.13. The first-order valence-electron chi connectivity index (χ1n) is 9.14. The Labute approximate surface area is 157 Å². The van der Waals surface area contributed by atoms with E-state index in [9.17, 15) is 19.2 Å². The molecule has 0 atom stereocenters. The molecule has 1 aromatic carbocycles. The second-order valence-corrected chi connectivity index (χ2v) is 6.22. The molecular weight excluding hydrogens is 350 g/mol. The first-order valence-corrected chi connectivity index (χ1v) is 9.14. The molecule has 0 aliphatic rings. The summed E-state index contributed by atoms with van der Waals surface area (Å²) < 4.78 is 7.28. The molecule has 27 heavy (non-hydrogen) atoms. The number of nitrogens with zero attached hydrogens (tertiary/aromatic N) is 3. The minimum Gasteiger partial charge on any atom is -0.497 e. The molecule has 8 nitrogen and oxygen atoms in total. The van der Waals surface area contributed by atoms with Crippen molar-refractivity contribution in [3.05, 3.63) is 45.2 Å². The SMILES string of the molecule is CCCCC(=O)n1c(=O)n(-c2ccc(OC)cc2)c(=O)n1C(=O)CCCC. The molecule has 0 unspecified atom stereocenters. The Morgan fingerprint density at radius 3 is 1.67 bits per heavy atom. The molecule has 0 saturated heterocycles. The van der Waals surface area contributed by atoms with Gasteiger partial charge in [0.2, 0.25) is 11.8 Å². The third-order valence-corrected chi connectivity index (χ3v) is 4.24. The zero-order valence-corrected chi connectivity index (χ0v) is 15.9. The van der Waals surface area contributed by atoms with E-state index in [1.54, 1.807) is 12.1 Å². The van der Waals surface area contributed by atoms with E-state index in [1.807, 2.05) is 13.8 Å². The molecule has 8 heteroatoms. The van der Waals surface area contributed by atoms with E-state index in [0.717, 1.165) is 17.4 Å². The predicted octanol–water partition coefficient (Wildman–Crippen LogP) is 2.47. The van der Waals surface area contributed by atoms with Gasteiger partial charge < -0.3 is 4.74 Å². The Kier molecular flexibility index (Phi) is 6.92. The van der Waals surface area contributed by atoms with Gasteiger partial charge in [-0.3, -0.25) is 9.59 Å². The summed E-state index contributed by atoms with van der Waals surface area (Å²) in [6.45, 7) is 3.83. The van der Waals surface area contributed by atoms with Crippen LogP contribution in [0, 0.1) is 0 Å². The Balaban J connectivity index is 2.62. The predicted molar refractivity (Wildman–Crippen MR) is 101 cm³/mol. The highest BCUT2D eigenvalue weighted by Gasteiger charge is 2.25. The third-order valence-electron chi connectivity index (χ3n) is 4.24. The van der Waals surface area contributed by atoms with Crippen LogP contribution in [0.2, 0.25) is 0 Å². The second-order valence-electron chi connectivity index (χ2n) is 6.22. The van der Waals surface area contributed by atoms with Gasteiger partial charge >= 0.3 is 11.4 Å². The lowest BCUT2D eigenvalue weighted by Gasteiger charge is -2.06. The fourth-order valence-electron chi connectivity index (χ4n) is 2.70. The molecular formula is C19H25N3O5. The van der Waals surface area contributed by atoms with E-state index in [2.05, 4.69) is 0 Å². The van der Waals surface area contributed by atoms with Gasteiger partial charge in [0, 0.05) is 12.8 Å². The van der Waals surface area contributed by atoms with Crippen LogP contribution in [0.3, 0.4) is 0 Å². The molecule has 0 spiro atoms. The zero-order chi connectivity index (χ0) is 20.0. The number of ether oxygens (including phenoxy) is 1. The van der Waals surface area contributed by atoms with Crippen LogP contribution in [0.15, 0.2) is 33.9 Å². The number of aromatic nitrogens is 3. The number of carbonyl (C=O) groups is 2. The molecule has 0 aliphatic heterocycles. The van der Waals surface area contributed by atoms with Gasteiger partial charge in [-0.25, -0.2) is 14.2 Å². The summed E-state index contributed by atoms with van der Waals surface area (Å²) in [5, 5.41) is 0. The average molecular weight is 375 g/mol. The molecule has 2 aromatic rings. The summed E-state index contributed by atoms with van der Waals surface area (Å²) in [7, 11) is 1.50. The van der Waals surface area contributed by atoms with Crippen molar-refractivity contribution >= 4 is 11.8 Å². The van der Waals surface area contributed by atoms with Crippen LogP contribution in [-0.2, 0) is 0 Å². The standard InChI is InChI=1S/C19H25N3O5/c1-4-6-8-16(23)21-18(25)20(14-10-12-15(27-3)13-11-14)19(26)22(21)17(24)9-7-5-2/h10-13H,4-9H2,1-3H3. The van der Waals surface area contributed by atoms with Gasteiger partial charge in [0.25, 0.3) is 0 Å². The molecule has 0 N–H and O–H groups in total. The summed E-state index contributed by atoms with van der Waals surface area (Å²) in [4.78, 5) is 50.8. The minimum absolute atomic E-state index is 0.0868. The molecule has 0 aliphatic carbocycles. The van der Waals surface area contributed by atoms with Crippen molar-refractivity contribution in [3.63, 3.8) is 0 Å². The van der Waals surface area contributed by atoms with Crippen molar-refractivity contribution in [1.82, 2.24) is 13.9 Å². The Bertz CT molecular complexity index is 867. The summed E-state index contributed by atoms with van der Waals surface area (Å²) in [6, 6.07) is 6.26. The van der Waals surface area contributed by atoms with Crippen LogP contribution in [0.4, 0.5) is 0 Å². The summed E-state index contributed by atoms with van der Waals surface area (Å²) >= 11 is 0. The highest BCUT2D eigenvalue weighted by atomic mass is 16.5. The molecule has 1 aromatic heterocycles. The second kappa shape index (κ2) is 9.16. The molecule has 1 heterocycles. The van der Waals surface area contributed by atoms with E-state index in [0.29, 0.717) is 28.0 Å². The molecule has 2 rings (SSSR count). The number of hydrogen-bond donors (Lipinski definition) is 0. The van der Waals surface area contributed by atoms with Crippen LogP contribution < -0.4 is 16.1 Å². The number of hydrogen-bond acceptors (Lipinski definition) is 5. The van der Waals surface area contributed by atoms with Crippen molar-refractivity contribution in [2.45, 2.75) is 52.4 Å². The molecule has 0 fully saturated rings. The van der Waals surface area contributed by atoms with E-state index in [4.69, 9.17) is 4.74 Å². The van der Waals surface area contributed by atoms with Crippen LogP contribution in [0.5, 0.6) is 5.75 Å². The number of benzene rings is 1. The summed E-state index contributed by atoms with van der Waals surface area (Å²) in [6.07, 6.45) is 2.82. The van der Waals surface area contributed by atoms with Crippen LogP contribution in [0.25, 0.3) is 5.69 Å².